The van der Waals surface area contributed by atoms with Crippen molar-refractivity contribution in [2.75, 3.05) is 18.2 Å². The smallest absolute Gasteiger partial charge is 0.311 e. The summed E-state index contributed by atoms with van der Waals surface area (Å²) < 4.78 is 29.3. The summed E-state index contributed by atoms with van der Waals surface area (Å²) in [5.74, 6) is 0.122. The number of sulfone groups is 1. The van der Waals surface area contributed by atoms with Gasteiger partial charge in [0.2, 0.25) is 0 Å². The summed E-state index contributed by atoms with van der Waals surface area (Å²) in [4.78, 5) is 10.3. The first-order valence-corrected chi connectivity index (χ1v) is 8.31. The molecule has 0 aliphatic carbocycles. The zero-order valence-corrected chi connectivity index (χ0v) is 12.6. The normalized spacial score (nSPS) is 11.3. The lowest BCUT2D eigenvalue weighted by molar-refractivity contribution is -0.385. The molecule has 0 fully saturated rings. The fourth-order valence-corrected chi connectivity index (χ4v) is 3.14. The zero-order chi connectivity index (χ0) is 15.2. The maximum absolute atomic E-state index is 12.0. The van der Waals surface area contributed by atoms with Crippen molar-refractivity contribution in [2.45, 2.75) is 24.7 Å². The zero-order valence-electron chi connectivity index (χ0n) is 11.0. The van der Waals surface area contributed by atoms with Gasteiger partial charge in [0.1, 0.15) is 0 Å². The van der Waals surface area contributed by atoms with Crippen molar-refractivity contribution in [3.8, 4) is 5.75 Å². The van der Waals surface area contributed by atoms with Crippen molar-refractivity contribution in [3.05, 3.63) is 28.3 Å². The first-order chi connectivity index (χ1) is 9.42. The average Bonchev–Trinajstić information content (AvgIpc) is 2.42. The van der Waals surface area contributed by atoms with Crippen LogP contribution in [0.4, 0.5) is 5.69 Å². The third kappa shape index (κ3) is 4.35. The number of nitro groups is 1. The van der Waals surface area contributed by atoms with Gasteiger partial charge in [-0.15, -0.1) is 11.6 Å². The minimum absolute atomic E-state index is 0.0133. The number of ether oxygens (including phenoxy) is 1. The Kier molecular flexibility index (Phi) is 6.22. The van der Waals surface area contributed by atoms with Crippen LogP contribution in [-0.4, -0.2) is 31.6 Å². The summed E-state index contributed by atoms with van der Waals surface area (Å²) in [6, 6.07) is 3.58. The van der Waals surface area contributed by atoms with Crippen LogP contribution in [0.1, 0.15) is 19.8 Å². The first kappa shape index (κ1) is 16.7. The summed E-state index contributed by atoms with van der Waals surface area (Å²) in [5, 5.41) is 10.9. The number of alkyl halides is 1. The van der Waals surface area contributed by atoms with E-state index in [0.29, 0.717) is 12.8 Å². The minimum atomic E-state index is -3.50. The average molecular weight is 322 g/mol. The summed E-state index contributed by atoms with van der Waals surface area (Å²) in [7, 11) is -3.50. The molecule has 0 saturated heterocycles. The van der Waals surface area contributed by atoms with Crippen molar-refractivity contribution < 1.29 is 18.1 Å². The van der Waals surface area contributed by atoms with Crippen LogP contribution in [-0.2, 0) is 9.84 Å². The van der Waals surface area contributed by atoms with Gasteiger partial charge in [0.15, 0.2) is 15.6 Å². The van der Waals surface area contributed by atoms with E-state index in [1.807, 2.05) is 6.92 Å². The Labute approximate surface area is 122 Å². The van der Waals surface area contributed by atoms with E-state index in [1.54, 1.807) is 0 Å². The minimum Gasteiger partial charge on any atom is -0.487 e. The predicted molar refractivity (Wildman–Crippen MR) is 76.3 cm³/mol. The van der Waals surface area contributed by atoms with Crippen molar-refractivity contribution in [3.63, 3.8) is 0 Å². The van der Waals surface area contributed by atoms with Crippen LogP contribution < -0.4 is 4.74 Å². The molecular formula is C12H16ClNO5S. The molecule has 8 heteroatoms. The third-order valence-electron chi connectivity index (χ3n) is 2.50. The Morgan fingerprint density at radius 3 is 2.65 bits per heavy atom. The Hall–Kier alpha value is -1.34. The van der Waals surface area contributed by atoms with Gasteiger partial charge >= 0.3 is 5.69 Å². The number of rotatable bonds is 8. The molecule has 112 valence electrons. The number of hydrogen-bond acceptors (Lipinski definition) is 5. The van der Waals surface area contributed by atoms with E-state index in [4.69, 9.17) is 16.3 Å². The van der Waals surface area contributed by atoms with E-state index in [0.717, 1.165) is 6.07 Å². The van der Waals surface area contributed by atoms with Gasteiger partial charge in [-0.2, -0.15) is 0 Å². The molecule has 1 rings (SSSR count). The van der Waals surface area contributed by atoms with Crippen LogP contribution in [0.3, 0.4) is 0 Å². The van der Waals surface area contributed by atoms with E-state index in [1.165, 1.54) is 12.1 Å². The lowest BCUT2D eigenvalue weighted by atomic mass is 10.3. The van der Waals surface area contributed by atoms with Gasteiger partial charge < -0.3 is 4.74 Å². The number of halogens is 1. The molecule has 20 heavy (non-hydrogen) atoms. The SMILES string of the molecule is CCCOc1cc(S(=O)(=O)CCCCl)ccc1[N+](=O)[O-]. The summed E-state index contributed by atoms with van der Waals surface area (Å²) in [5.41, 5.74) is -0.241. The van der Waals surface area contributed by atoms with Crippen LogP contribution >= 0.6 is 11.6 Å². The van der Waals surface area contributed by atoms with Gasteiger partial charge in [-0.05, 0) is 18.9 Å². The highest BCUT2D eigenvalue weighted by Gasteiger charge is 2.21. The van der Waals surface area contributed by atoms with Crippen LogP contribution in [0, 0.1) is 10.1 Å². The van der Waals surface area contributed by atoms with Crippen LogP contribution in [0.2, 0.25) is 0 Å². The van der Waals surface area contributed by atoms with Crippen molar-refractivity contribution >= 4 is 27.1 Å². The maximum atomic E-state index is 12.0. The lowest BCUT2D eigenvalue weighted by Crippen LogP contribution is -2.08. The molecule has 0 aliphatic rings. The van der Waals surface area contributed by atoms with E-state index in [9.17, 15) is 18.5 Å². The van der Waals surface area contributed by atoms with Crippen LogP contribution in [0.15, 0.2) is 23.1 Å². The maximum Gasteiger partial charge on any atom is 0.311 e. The largest absolute Gasteiger partial charge is 0.487 e. The van der Waals surface area contributed by atoms with Gasteiger partial charge in [-0.3, -0.25) is 10.1 Å². The lowest BCUT2D eigenvalue weighted by Gasteiger charge is -2.08. The molecule has 1 aromatic carbocycles. The number of benzene rings is 1. The summed E-state index contributed by atoms with van der Waals surface area (Å²) in [6.07, 6.45) is 0.992. The molecule has 0 unspecified atom stereocenters. The van der Waals surface area contributed by atoms with Gasteiger partial charge in [-0.25, -0.2) is 8.42 Å². The van der Waals surface area contributed by atoms with Gasteiger partial charge in [0, 0.05) is 18.0 Å². The molecule has 6 nitrogen and oxygen atoms in total. The number of nitro benzene ring substituents is 1. The molecule has 0 heterocycles. The van der Waals surface area contributed by atoms with Gasteiger partial charge in [0.25, 0.3) is 0 Å². The molecule has 0 radical (unpaired) electrons. The third-order valence-corrected chi connectivity index (χ3v) is 4.56. The summed E-state index contributed by atoms with van der Waals surface area (Å²) in [6.45, 7) is 2.14. The Balaban J connectivity index is 3.14. The predicted octanol–water partition coefficient (Wildman–Crippen LogP) is 2.79. The summed E-state index contributed by atoms with van der Waals surface area (Å²) >= 11 is 5.48. The monoisotopic (exact) mass is 321 g/mol. The number of hydrogen-bond donors (Lipinski definition) is 0. The fourth-order valence-electron chi connectivity index (χ4n) is 1.53. The van der Waals surface area contributed by atoms with Crippen molar-refractivity contribution in [1.82, 2.24) is 0 Å². The quantitative estimate of drug-likeness (QED) is 0.417. The Morgan fingerprint density at radius 2 is 2.10 bits per heavy atom. The second-order valence-electron chi connectivity index (χ2n) is 4.10. The standard InChI is InChI=1S/C12H16ClNO5S/c1-2-7-19-12-9-10(4-5-11(12)14(15)16)20(17,18)8-3-6-13/h4-5,9H,2-3,6-8H2,1H3. The molecular weight excluding hydrogens is 306 g/mol. The second-order valence-corrected chi connectivity index (χ2v) is 6.58. The van der Waals surface area contributed by atoms with Gasteiger partial charge in [-0.1, -0.05) is 6.92 Å². The molecule has 0 amide bonds. The molecule has 1 aromatic rings. The molecule has 0 saturated carbocycles. The van der Waals surface area contributed by atoms with E-state index in [2.05, 4.69) is 0 Å². The first-order valence-electron chi connectivity index (χ1n) is 6.12. The topological polar surface area (TPSA) is 86.5 Å². The highest BCUT2D eigenvalue weighted by molar-refractivity contribution is 7.91. The molecule has 0 aromatic heterocycles. The fraction of sp³-hybridized carbons (Fsp3) is 0.500. The van der Waals surface area contributed by atoms with Crippen molar-refractivity contribution in [2.24, 2.45) is 0 Å². The molecule has 0 N–H and O–H groups in total. The van der Waals surface area contributed by atoms with Crippen LogP contribution in [0.25, 0.3) is 0 Å². The second kappa shape index (κ2) is 7.44. The van der Waals surface area contributed by atoms with Gasteiger partial charge in [0.05, 0.1) is 22.2 Å². The van der Waals surface area contributed by atoms with Crippen LogP contribution in [0.5, 0.6) is 5.75 Å². The number of nitrogens with zero attached hydrogens (tertiary/aromatic N) is 1. The van der Waals surface area contributed by atoms with E-state index < -0.39 is 14.8 Å². The molecule has 0 bridgehead atoms. The highest BCUT2D eigenvalue weighted by atomic mass is 35.5. The Bertz CT molecular complexity index is 573. The van der Waals surface area contributed by atoms with E-state index in [-0.39, 0.29) is 34.6 Å². The highest BCUT2D eigenvalue weighted by Crippen LogP contribution is 2.30. The molecule has 0 aliphatic heterocycles. The van der Waals surface area contributed by atoms with Crippen molar-refractivity contribution in [1.29, 1.82) is 0 Å². The molecule has 0 atom stereocenters. The van der Waals surface area contributed by atoms with E-state index >= 15 is 0 Å². The Morgan fingerprint density at radius 1 is 1.40 bits per heavy atom. The molecule has 0 spiro atoms.